The number of anilines is 3. The fourth-order valence-corrected chi connectivity index (χ4v) is 4.48. The number of carbonyl (C=O) groups is 1. The molecule has 1 fully saturated rings. The predicted octanol–water partition coefficient (Wildman–Crippen LogP) is 3.11. The van der Waals surface area contributed by atoms with E-state index in [-0.39, 0.29) is 6.04 Å². The quantitative estimate of drug-likeness (QED) is 0.521. The second kappa shape index (κ2) is 11.0. The molecule has 4 heterocycles. The maximum atomic E-state index is 12.3. The average molecular weight is 511 g/mol. The zero-order valence-electron chi connectivity index (χ0n) is 20.4. The van der Waals surface area contributed by atoms with Gasteiger partial charge in [0.15, 0.2) is 5.82 Å². The van der Waals surface area contributed by atoms with E-state index in [9.17, 15) is 13.6 Å². The average Bonchev–Trinajstić information content (AvgIpc) is 2.92. The molecule has 1 saturated heterocycles. The van der Waals surface area contributed by atoms with Crippen molar-refractivity contribution >= 4 is 23.5 Å². The Morgan fingerprint density at radius 3 is 2.68 bits per heavy atom. The van der Waals surface area contributed by atoms with Crippen molar-refractivity contribution in [1.29, 1.82) is 0 Å². The molecular formula is C25H28F2N8O2. The summed E-state index contributed by atoms with van der Waals surface area (Å²) >= 11 is 0. The molecule has 5 rings (SSSR count). The van der Waals surface area contributed by atoms with Crippen LogP contribution < -0.4 is 20.4 Å². The fourth-order valence-electron chi connectivity index (χ4n) is 4.48. The third kappa shape index (κ3) is 5.74. The molecule has 0 radical (unpaired) electrons. The van der Waals surface area contributed by atoms with Crippen LogP contribution in [-0.2, 0) is 17.7 Å². The van der Waals surface area contributed by atoms with Gasteiger partial charge in [0.1, 0.15) is 5.82 Å². The number of morpholine rings is 1. The number of aromatic nitrogens is 4. The topological polar surface area (TPSA) is 108 Å². The van der Waals surface area contributed by atoms with Gasteiger partial charge in [-0.15, -0.1) is 0 Å². The van der Waals surface area contributed by atoms with E-state index in [4.69, 9.17) is 14.7 Å². The molecule has 2 aliphatic heterocycles. The monoisotopic (exact) mass is 510 g/mol. The number of alkyl halides is 2. The van der Waals surface area contributed by atoms with E-state index in [1.807, 2.05) is 12.1 Å². The summed E-state index contributed by atoms with van der Waals surface area (Å²) in [5.74, 6) is 2.15. The highest BCUT2D eigenvalue weighted by molar-refractivity contribution is 5.89. The summed E-state index contributed by atoms with van der Waals surface area (Å²) in [6.45, 7) is 4.73. The number of benzene rings is 1. The lowest BCUT2D eigenvalue weighted by molar-refractivity contribution is 0.0984. The van der Waals surface area contributed by atoms with Gasteiger partial charge in [-0.1, -0.05) is 0 Å². The molecule has 37 heavy (non-hydrogen) atoms. The highest BCUT2D eigenvalue weighted by atomic mass is 19.3. The summed E-state index contributed by atoms with van der Waals surface area (Å²) in [6.07, 6.45) is 1.59. The van der Waals surface area contributed by atoms with Gasteiger partial charge in [0.2, 0.25) is 5.95 Å². The predicted molar refractivity (Wildman–Crippen MR) is 135 cm³/mol. The van der Waals surface area contributed by atoms with Gasteiger partial charge in [0, 0.05) is 48.7 Å². The van der Waals surface area contributed by atoms with Crippen molar-refractivity contribution in [3.8, 4) is 11.4 Å². The van der Waals surface area contributed by atoms with E-state index >= 15 is 0 Å². The summed E-state index contributed by atoms with van der Waals surface area (Å²) in [6, 6.07) is 8.29. The van der Waals surface area contributed by atoms with Crippen molar-refractivity contribution in [2.75, 3.05) is 48.0 Å². The van der Waals surface area contributed by atoms with Gasteiger partial charge < -0.3 is 25.2 Å². The van der Waals surface area contributed by atoms with Crippen LogP contribution in [-0.4, -0.2) is 71.3 Å². The lowest BCUT2D eigenvalue weighted by atomic mass is 10.0. The van der Waals surface area contributed by atoms with Crippen molar-refractivity contribution in [3.05, 3.63) is 54.0 Å². The Morgan fingerprint density at radius 1 is 1.16 bits per heavy atom. The number of fused-ring (bicyclic) bond motifs is 1. The molecule has 0 aliphatic carbocycles. The van der Waals surface area contributed by atoms with Crippen molar-refractivity contribution in [1.82, 2.24) is 25.3 Å². The Hall–Kier alpha value is -3.93. The molecule has 2 aliphatic rings. The minimum absolute atomic E-state index is 0.155. The summed E-state index contributed by atoms with van der Waals surface area (Å²) in [4.78, 5) is 35.0. The minimum Gasteiger partial charge on any atom is -0.377 e. The Bertz CT molecular complexity index is 1230. The molecule has 2 N–H and O–H groups in total. The van der Waals surface area contributed by atoms with Crippen molar-refractivity contribution < 1.29 is 18.3 Å². The molecule has 1 atom stereocenters. The molecule has 1 aromatic carbocycles. The summed E-state index contributed by atoms with van der Waals surface area (Å²) in [5, 5.41) is 4.67. The van der Waals surface area contributed by atoms with Gasteiger partial charge in [-0.05, 0) is 37.3 Å². The van der Waals surface area contributed by atoms with Gasteiger partial charge in [-0.25, -0.2) is 33.5 Å². The van der Waals surface area contributed by atoms with E-state index in [1.165, 1.54) is 0 Å². The minimum atomic E-state index is -2.61. The number of hydrogen-bond acceptors (Lipinski definition) is 8. The summed E-state index contributed by atoms with van der Waals surface area (Å²) < 4.78 is 30.3. The normalized spacial score (nSPS) is 17.5. The van der Waals surface area contributed by atoms with Crippen molar-refractivity contribution in [2.45, 2.75) is 32.4 Å². The van der Waals surface area contributed by atoms with Crippen LogP contribution in [0, 0.1) is 0 Å². The van der Waals surface area contributed by atoms with Crippen LogP contribution in [0.2, 0.25) is 0 Å². The molecular weight excluding hydrogens is 482 g/mol. The molecule has 0 spiro atoms. The third-order valence-corrected chi connectivity index (χ3v) is 6.33. The lowest BCUT2D eigenvalue weighted by Crippen LogP contribution is -2.45. The molecule has 10 nitrogen and oxygen atoms in total. The number of urea groups is 1. The number of halogens is 2. The van der Waals surface area contributed by atoms with Crippen LogP contribution in [0.3, 0.4) is 0 Å². The van der Waals surface area contributed by atoms with E-state index in [1.54, 1.807) is 30.6 Å². The van der Waals surface area contributed by atoms with Crippen LogP contribution in [0.1, 0.15) is 18.2 Å². The molecule has 3 aromatic rings. The van der Waals surface area contributed by atoms with Crippen molar-refractivity contribution in [2.24, 2.45) is 0 Å². The number of carbonyl (C=O) groups excluding carboxylic acids is 1. The molecule has 0 saturated carbocycles. The Labute approximate surface area is 213 Å². The van der Waals surface area contributed by atoms with Gasteiger partial charge >= 0.3 is 6.03 Å². The lowest BCUT2D eigenvalue weighted by Gasteiger charge is -2.38. The van der Waals surface area contributed by atoms with Crippen LogP contribution in [0.4, 0.5) is 31.0 Å². The largest absolute Gasteiger partial charge is 0.377 e. The fraction of sp³-hybridized carbons (Fsp3) is 0.400. The summed E-state index contributed by atoms with van der Waals surface area (Å²) in [5.41, 5.74) is 3.32. The first-order valence-corrected chi connectivity index (χ1v) is 12.2. The van der Waals surface area contributed by atoms with E-state index in [0.717, 1.165) is 42.1 Å². The Morgan fingerprint density at radius 2 is 1.95 bits per heavy atom. The SMILES string of the molecule is C[C@H]1COCCN1c1nc(-c2ccc(NC(=O)NCC(F)F)cc2)nc2c1CN(c1ncccn1)CC2. The van der Waals surface area contributed by atoms with Gasteiger partial charge in [-0.2, -0.15) is 0 Å². The number of nitrogens with one attached hydrogen (secondary N) is 2. The van der Waals surface area contributed by atoms with Crippen LogP contribution >= 0.6 is 0 Å². The third-order valence-electron chi connectivity index (χ3n) is 6.33. The Balaban J connectivity index is 1.43. The molecule has 0 bridgehead atoms. The van der Waals surface area contributed by atoms with Crippen LogP contribution in [0.25, 0.3) is 11.4 Å². The van der Waals surface area contributed by atoms with E-state index in [0.29, 0.717) is 37.2 Å². The smallest absolute Gasteiger partial charge is 0.319 e. The first kappa shape index (κ1) is 24.8. The van der Waals surface area contributed by atoms with Gasteiger partial charge in [0.05, 0.1) is 38.0 Å². The first-order valence-electron chi connectivity index (χ1n) is 12.2. The van der Waals surface area contributed by atoms with Gasteiger partial charge in [0.25, 0.3) is 6.43 Å². The first-order chi connectivity index (χ1) is 18.0. The van der Waals surface area contributed by atoms with E-state index in [2.05, 4.69) is 37.3 Å². The van der Waals surface area contributed by atoms with Gasteiger partial charge in [-0.3, -0.25) is 0 Å². The number of ether oxygens (including phenoxy) is 1. The second-order valence-electron chi connectivity index (χ2n) is 8.94. The zero-order chi connectivity index (χ0) is 25.8. The maximum Gasteiger partial charge on any atom is 0.319 e. The number of hydrogen-bond donors (Lipinski definition) is 2. The summed E-state index contributed by atoms with van der Waals surface area (Å²) in [7, 11) is 0. The molecule has 194 valence electrons. The van der Waals surface area contributed by atoms with Crippen molar-refractivity contribution in [3.63, 3.8) is 0 Å². The highest BCUT2D eigenvalue weighted by Crippen LogP contribution is 2.32. The molecule has 2 aromatic heterocycles. The number of amides is 2. The zero-order valence-corrected chi connectivity index (χ0v) is 20.4. The number of nitrogens with zero attached hydrogens (tertiary/aromatic N) is 6. The molecule has 0 unspecified atom stereocenters. The van der Waals surface area contributed by atoms with Crippen LogP contribution in [0.5, 0.6) is 0 Å². The highest BCUT2D eigenvalue weighted by Gasteiger charge is 2.30. The van der Waals surface area contributed by atoms with E-state index < -0.39 is 19.0 Å². The standard InChI is InChI=1S/C25H28F2N8O2/c1-16-15-37-12-11-35(16)23-19-14-34(24-28-8-2-9-29-24)10-7-20(19)32-22(33-23)17-3-5-18(6-4-17)31-25(36)30-13-21(26)27/h2-6,8-9,16,21H,7,10-15H2,1H3,(H2,30,31,36)/t16-/m0/s1. The number of rotatable bonds is 6. The van der Waals surface area contributed by atoms with Crippen LogP contribution in [0.15, 0.2) is 42.7 Å². The maximum absolute atomic E-state index is 12.3. The second-order valence-corrected chi connectivity index (χ2v) is 8.94. The Kier molecular flexibility index (Phi) is 7.35. The molecule has 2 amide bonds. The molecule has 12 heteroatoms.